The fraction of sp³-hybridized carbons (Fsp3) is 1.00. The van der Waals surface area contributed by atoms with E-state index in [-0.39, 0.29) is 0 Å². The number of ether oxygens (including phenoxy) is 1. The first-order chi connectivity index (χ1) is 6.42. The summed E-state index contributed by atoms with van der Waals surface area (Å²) >= 11 is 0. The molecule has 0 spiro atoms. The maximum Gasteiger partial charge on any atom is 0.0480 e. The van der Waals surface area contributed by atoms with Crippen LogP contribution in [0.5, 0.6) is 0 Å². The van der Waals surface area contributed by atoms with Gasteiger partial charge in [0, 0.05) is 31.8 Å². The van der Waals surface area contributed by atoms with Crippen molar-refractivity contribution in [3.05, 3.63) is 0 Å². The third-order valence-electron chi connectivity index (χ3n) is 3.35. The molecule has 0 aromatic carbocycles. The van der Waals surface area contributed by atoms with Crippen LogP contribution in [0.15, 0.2) is 0 Å². The lowest BCUT2D eigenvalue weighted by Gasteiger charge is -2.34. The molecule has 2 heterocycles. The van der Waals surface area contributed by atoms with Gasteiger partial charge in [0.05, 0.1) is 0 Å². The summed E-state index contributed by atoms with van der Waals surface area (Å²) < 4.78 is 5.37. The second kappa shape index (κ2) is 4.40. The summed E-state index contributed by atoms with van der Waals surface area (Å²) in [5.74, 6) is 0. The third-order valence-corrected chi connectivity index (χ3v) is 3.35. The lowest BCUT2D eigenvalue weighted by molar-refractivity contribution is 0.0305. The number of hydrogen-bond acceptors (Lipinski definition) is 3. The Balaban J connectivity index is 1.90. The van der Waals surface area contributed by atoms with Crippen LogP contribution in [0, 0.1) is 0 Å². The fourth-order valence-corrected chi connectivity index (χ4v) is 2.61. The van der Waals surface area contributed by atoms with Crippen LogP contribution >= 0.6 is 0 Å². The SMILES string of the molecule is NCC1CCCN1C1CCOCC1. The van der Waals surface area contributed by atoms with Crippen LogP contribution in [0.25, 0.3) is 0 Å². The molecule has 13 heavy (non-hydrogen) atoms. The second-order valence-electron chi connectivity index (χ2n) is 4.11. The third kappa shape index (κ3) is 2.03. The Morgan fingerprint density at radius 1 is 1.23 bits per heavy atom. The van der Waals surface area contributed by atoms with E-state index in [2.05, 4.69) is 4.90 Å². The molecule has 0 aromatic rings. The summed E-state index contributed by atoms with van der Waals surface area (Å²) in [7, 11) is 0. The zero-order valence-corrected chi connectivity index (χ0v) is 8.24. The molecule has 0 radical (unpaired) electrons. The van der Waals surface area contributed by atoms with Gasteiger partial charge in [0.25, 0.3) is 0 Å². The summed E-state index contributed by atoms with van der Waals surface area (Å²) in [5, 5.41) is 0. The maximum atomic E-state index is 5.76. The van der Waals surface area contributed by atoms with E-state index in [4.69, 9.17) is 10.5 Å². The monoisotopic (exact) mass is 184 g/mol. The number of likely N-dealkylation sites (tertiary alicyclic amines) is 1. The molecular formula is C10H20N2O. The largest absolute Gasteiger partial charge is 0.381 e. The highest BCUT2D eigenvalue weighted by Gasteiger charge is 2.30. The van der Waals surface area contributed by atoms with Gasteiger partial charge in [-0.3, -0.25) is 4.90 Å². The van der Waals surface area contributed by atoms with Crippen LogP contribution in [0.3, 0.4) is 0 Å². The van der Waals surface area contributed by atoms with Crippen LogP contribution in [-0.2, 0) is 4.74 Å². The van der Waals surface area contributed by atoms with Gasteiger partial charge in [-0.05, 0) is 32.2 Å². The van der Waals surface area contributed by atoms with E-state index in [1.807, 2.05) is 0 Å². The van der Waals surface area contributed by atoms with E-state index in [0.29, 0.717) is 6.04 Å². The van der Waals surface area contributed by atoms with Crippen LogP contribution in [0.1, 0.15) is 25.7 Å². The predicted molar refractivity (Wildman–Crippen MR) is 52.6 cm³/mol. The Kier molecular flexibility index (Phi) is 3.19. The van der Waals surface area contributed by atoms with Crippen molar-refractivity contribution in [2.45, 2.75) is 37.8 Å². The minimum Gasteiger partial charge on any atom is -0.381 e. The molecule has 0 amide bonds. The van der Waals surface area contributed by atoms with Crippen molar-refractivity contribution < 1.29 is 4.74 Å². The molecule has 0 saturated carbocycles. The fourth-order valence-electron chi connectivity index (χ4n) is 2.61. The highest BCUT2D eigenvalue weighted by atomic mass is 16.5. The van der Waals surface area contributed by atoms with Crippen LogP contribution < -0.4 is 5.73 Å². The zero-order valence-electron chi connectivity index (χ0n) is 8.24. The molecule has 0 bridgehead atoms. The molecule has 1 atom stereocenters. The van der Waals surface area contributed by atoms with Crippen molar-refractivity contribution in [1.82, 2.24) is 4.90 Å². The molecule has 2 rings (SSSR count). The van der Waals surface area contributed by atoms with E-state index in [1.54, 1.807) is 0 Å². The Hall–Kier alpha value is -0.120. The first-order valence-electron chi connectivity index (χ1n) is 5.45. The Bertz CT molecular complexity index is 157. The highest BCUT2D eigenvalue weighted by Crippen LogP contribution is 2.24. The molecule has 2 N–H and O–H groups in total. The van der Waals surface area contributed by atoms with Gasteiger partial charge in [-0.25, -0.2) is 0 Å². The standard InChI is InChI=1S/C10H20N2O/c11-8-10-2-1-5-12(10)9-3-6-13-7-4-9/h9-10H,1-8,11H2. The highest BCUT2D eigenvalue weighted by molar-refractivity contribution is 4.86. The van der Waals surface area contributed by atoms with Crippen molar-refractivity contribution >= 4 is 0 Å². The van der Waals surface area contributed by atoms with Gasteiger partial charge in [-0.2, -0.15) is 0 Å². The molecule has 2 aliphatic rings. The molecule has 1 unspecified atom stereocenters. The van der Waals surface area contributed by atoms with E-state index < -0.39 is 0 Å². The number of hydrogen-bond donors (Lipinski definition) is 1. The number of rotatable bonds is 2. The molecule has 2 aliphatic heterocycles. The summed E-state index contributed by atoms with van der Waals surface area (Å²) in [6, 6.07) is 1.41. The molecule has 2 saturated heterocycles. The summed E-state index contributed by atoms with van der Waals surface area (Å²) in [5.41, 5.74) is 5.76. The van der Waals surface area contributed by atoms with Crippen molar-refractivity contribution in [1.29, 1.82) is 0 Å². The van der Waals surface area contributed by atoms with E-state index in [0.717, 1.165) is 25.8 Å². The predicted octanol–water partition coefficient (Wildman–Crippen LogP) is 0.588. The lowest BCUT2D eigenvalue weighted by atomic mass is 10.1. The van der Waals surface area contributed by atoms with E-state index in [1.165, 1.54) is 32.2 Å². The number of nitrogens with two attached hydrogens (primary N) is 1. The van der Waals surface area contributed by atoms with Crippen molar-refractivity contribution in [2.75, 3.05) is 26.3 Å². The van der Waals surface area contributed by atoms with Gasteiger partial charge >= 0.3 is 0 Å². The van der Waals surface area contributed by atoms with E-state index >= 15 is 0 Å². The Morgan fingerprint density at radius 3 is 2.69 bits per heavy atom. The van der Waals surface area contributed by atoms with Crippen molar-refractivity contribution in [3.63, 3.8) is 0 Å². The number of nitrogens with zero attached hydrogens (tertiary/aromatic N) is 1. The average Bonchev–Trinajstić information content (AvgIpc) is 2.67. The molecule has 0 aliphatic carbocycles. The quantitative estimate of drug-likeness (QED) is 0.682. The van der Waals surface area contributed by atoms with Gasteiger partial charge < -0.3 is 10.5 Å². The molecule has 76 valence electrons. The Labute approximate surface area is 80.2 Å². The van der Waals surface area contributed by atoms with Crippen LogP contribution in [-0.4, -0.2) is 43.3 Å². The lowest BCUT2D eigenvalue weighted by Crippen LogP contribution is -2.45. The van der Waals surface area contributed by atoms with Gasteiger partial charge in [0.2, 0.25) is 0 Å². The van der Waals surface area contributed by atoms with Gasteiger partial charge in [0.1, 0.15) is 0 Å². The first-order valence-corrected chi connectivity index (χ1v) is 5.45. The topological polar surface area (TPSA) is 38.5 Å². The Morgan fingerprint density at radius 2 is 2.00 bits per heavy atom. The normalized spacial score (nSPS) is 32.5. The zero-order chi connectivity index (χ0) is 9.10. The van der Waals surface area contributed by atoms with Gasteiger partial charge in [-0.15, -0.1) is 0 Å². The minimum absolute atomic E-state index is 0.656. The van der Waals surface area contributed by atoms with Gasteiger partial charge in [0.15, 0.2) is 0 Å². The van der Waals surface area contributed by atoms with E-state index in [9.17, 15) is 0 Å². The first kappa shape index (κ1) is 9.44. The van der Waals surface area contributed by atoms with Gasteiger partial charge in [-0.1, -0.05) is 0 Å². The van der Waals surface area contributed by atoms with Crippen LogP contribution in [0.2, 0.25) is 0 Å². The molecule has 0 aromatic heterocycles. The maximum absolute atomic E-state index is 5.76. The summed E-state index contributed by atoms with van der Waals surface area (Å²) in [6.45, 7) is 3.97. The minimum atomic E-state index is 0.656. The second-order valence-corrected chi connectivity index (χ2v) is 4.11. The smallest absolute Gasteiger partial charge is 0.0480 e. The van der Waals surface area contributed by atoms with Crippen molar-refractivity contribution in [3.8, 4) is 0 Å². The molecule has 2 fully saturated rings. The molecular weight excluding hydrogens is 164 g/mol. The summed E-state index contributed by atoms with van der Waals surface area (Å²) in [6.07, 6.45) is 5.04. The van der Waals surface area contributed by atoms with Crippen molar-refractivity contribution in [2.24, 2.45) is 5.73 Å². The van der Waals surface area contributed by atoms with Crippen LogP contribution in [0.4, 0.5) is 0 Å². The summed E-state index contributed by atoms with van der Waals surface area (Å²) in [4.78, 5) is 2.61. The molecule has 3 nitrogen and oxygen atoms in total. The molecule has 3 heteroatoms. The average molecular weight is 184 g/mol.